The molecule has 0 atom stereocenters. The molecule has 0 saturated carbocycles. The summed E-state index contributed by atoms with van der Waals surface area (Å²) >= 11 is 1.73. The summed E-state index contributed by atoms with van der Waals surface area (Å²) < 4.78 is 10.5. The minimum atomic E-state index is 0.0742. The molecule has 0 aliphatic carbocycles. The van der Waals surface area contributed by atoms with Crippen molar-refractivity contribution in [3.05, 3.63) is 53.6 Å². The van der Waals surface area contributed by atoms with Crippen molar-refractivity contribution >= 4 is 11.8 Å². The van der Waals surface area contributed by atoms with Crippen molar-refractivity contribution in [1.82, 2.24) is 0 Å². The zero-order valence-electron chi connectivity index (χ0n) is 11.6. The molecule has 2 aromatic carbocycles. The van der Waals surface area contributed by atoms with Crippen LogP contribution in [0.1, 0.15) is 11.1 Å². The Balaban J connectivity index is 2.06. The lowest BCUT2D eigenvalue weighted by atomic mass is 10.2. The summed E-state index contributed by atoms with van der Waals surface area (Å²) in [5.41, 5.74) is 2.10. The Bertz CT molecular complexity index is 569. The van der Waals surface area contributed by atoms with Gasteiger partial charge in [0.1, 0.15) is 0 Å². The number of aliphatic hydroxyl groups is 1. The van der Waals surface area contributed by atoms with Gasteiger partial charge in [0.2, 0.25) is 0 Å². The zero-order valence-corrected chi connectivity index (χ0v) is 12.4. The molecule has 0 heterocycles. The van der Waals surface area contributed by atoms with E-state index in [-0.39, 0.29) is 6.61 Å². The van der Waals surface area contributed by atoms with Gasteiger partial charge in [-0.15, -0.1) is 11.8 Å². The van der Waals surface area contributed by atoms with Crippen LogP contribution < -0.4 is 9.47 Å². The van der Waals surface area contributed by atoms with Gasteiger partial charge in [-0.25, -0.2) is 0 Å². The largest absolute Gasteiger partial charge is 0.493 e. The van der Waals surface area contributed by atoms with Crippen LogP contribution in [0.4, 0.5) is 0 Å². The molecule has 0 spiro atoms. The van der Waals surface area contributed by atoms with Gasteiger partial charge in [-0.05, 0) is 35.4 Å². The van der Waals surface area contributed by atoms with Gasteiger partial charge < -0.3 is 14.6 Å². The van der Waals surface area contributed by atoms with Crippen LogP contribution in [0.2, 0.25) is 0 Å². The summed E-state index contributed by atoms with van der Waals surface area (Å²) in [4.78, 5) is 1.14. The van der Waals surface area contributed by atoms with E-state index in [0.717, 1.165) is 27.7 Å². The van der Waals surface area contributed by atoms with E-state index in [0.29, 0.717) is 0 Å². The average molecular weight is 290 g/mol. The van der Waals surface area contributed by atoms with Crippen LogP contribution in [0.25, 0.3) is 0 Å². The highest BCUT2D eigenvalue weighted by atomic mass is 32.2. The maximum atomic E-state index is 9.13. The van der Waals surface area contributed by atoms with Crippen LogP contribution >= 0.6 is 11.8 Å². The van der Waals surface area contributed by atoms with Gasteiger partial charge >= 0.3 is 0 Å². The minimum absolute atomic E-state index is 0.0742. The lowest BCUT2D eigenvalue weighted by Gasteiger charge is -2.09. The molecule has 0 aromatic heterocycles. The van der Waals surface area contributed by atoms with Crippen LogP contribution in [-0.4, -0.2) is 19.3 Å². The van der Waals surface area contributed by atoms with Gasteiger partial charge in [0.25, 0.3) is 0 Å². The standard InChI is InChI=1S/C16H18O3S/c1-18-15-7-6-13(9-16(15)19-2)11-20-14-5-3-4-12(8-14)10-17/h3-9,17H,10-11H2,1-2H3. The smallest absolute Gasteiger partial charge is 0.161 e. The first kappa shape index (κ1) is 14.8. The SMILES string of the molecule is COc1ccc(CSc2cccc(CO)c2)cc1OC. The van der Waals surface area contributed by atoms with Gasteiger partial charge in [-0.3, -0.25) is 0 Å². The molecule has 0 fully saturated rings. The maximum Gasteiger partial charge on any atom is 0.161 e. The van der Waals surface area contributed by atoms with E-state index in [1.165, 1.54) is 5.56 Å². The van der Waals surface area contributed by atoms with Crippen molar-refractivity contribution in [2.45, 2.75) is 17.3 Å². The summed E-state index contributed by atoms with van der Waals surface area (Å²) in [6, 6.07) is 13.9. The van der Waals surface area contributed by atoms with E-state index in [1.54, 1.807) is 26.0 Å². The maximum absolute atomic E-state index is 9.13. The zero-order chi connectivity index (χ0) is 14.4. The normalized spacial score (nSPS) is 10.3. The molecule has 0 aliphatic rings. The van der Waals surface area contributed by atoms with E-state index in [1.807, 2.05) is 42.5 Å². The minimum Gasteiger partial charge on any atom is -0.493 e. The van der Waals surface area contributed by atoms with Crippen LogP contribution in [0.15, 0.2) is 47.4 Å². The van der Waals surface area contributed by atoms with Crippen LogP contribution in [0.5, 0.6) is 11.5 Å². The third kappa shape index (κ3) is 3.68. The Hall–Kier alpha value is -1.65. The summed E-state index contributed by atoms with van der Waals surface area (Å²) in [6.07, 6.45) is 0. The highest BCUT2D eigenvalue weighted by Crippen LogP contribution is 2.31. The van der Waals surface area contributed by atoms with Gasteiger partial charge in [-0.2, -0.15) is 0 Å². The van der Waals surface area contributed by atoms with Crippen LogP contribution in [0, 0.1) is 0 Å². The van der Waals surface area contributed by atoms with Gasteiger partial charge in [0, 0.05) is 10.6 Å². The Morgan fingerprint density at radius 1 is 0.950 bits per heavy atom. The van der Waals surface area contributed by atoms with Crippen LogP contribution in [-0.2, 0) is 12.4 Å². The summed E-state index contributed by atoms with van der Waals surface area (Å²) in [7, 11) is 3.27. The Morgan fingerprint density at radius 2 is 1.75 bits per heavy atom. The quantitative estimate of drug-likeness (QED) is 0.827. The van der Waals surface area contributed by atoms with Crippen molar-refractivity contribution in [2.24, 2.45) is 0 Å². The lowest BCUT2D eigenvalue weighted by molar-refractivity contribution is 0.281. The second-order valence-electron chi connectivity index (χ2n) is 4.28. The van der Waals surface area contributed by atoms with Crippen molar-refractivity contribution in [3.8, 4) is 11.5 Å². The number of aliphatic hydroxyl groups excluding tert-OH is 1. The monoisotopic (exact) mass is 290 g/mol. The summed E-state index contributed by atoms with van der Waals surface area (Å²) in [5, 5.41) is 9.13. The first-order valence-electron chi connectivity index (χ1n) is 6.30. The second-order valence-corrected chi connectivity index (χ2v) is 5.33. The molecule has 0 aliphatic heterocycles. The molecule has 2 rings (SSSR count). The predicted molar refractivity (Wildman–Crippen MR) is 81.5 cm³/mol. The number of hydrogen-bond donors (Lipinski definition) is 1. The van der Waals surface area contributed by atoms with E-state index in [4.69, 9.17) is 14.6 Å². The molecule has 4 heteroatoms. The molecular weight excluding hydrogens is 272 g/mol. The summed E-state index contributed by atoms with van der Waals surface area (Å²) in [6.45, 7) is 0.0742. The van der Waals surface area contributed by atoms with Crippen LogP contribution in [0.3, 0.4) is 0 Å². The topological polar surface area (TPSA) is 38.7 Å². The molecule has 0 saturated heterocycles. The van der Waals surface area contributed by atoms with Crippen molar-refractivity contribution in [2.75, 3.05) is 14.2 Å². The average Bonchev–Trinajstić information content (AvgIpc) is 2.52. The fourth-order valence-electron chi connectivity index (χ4n) is 1.87. The molecule has 3 nitrogen and oxygen atoms in total. The molecule has 0 bridgehead atoms. The number of ether oxygens (including phenoxy) is 2. The van der Waals surface area contributed by atoms with E-state index in [2.05, 4.69) is 0 Å². The van der Waals surface area contributed by atoms with E-state index in [9.17, 15) is 0 Å². The van der Waals surface area contributed by atoms with Gasteiger partial charge in [0.15, 0.2) is 11.5 Å². The highest BCUT2D eigenvalue weighted by Gasteiger charge is 2.05. The Morgan fingerprint density at radius 3 is 2.45 bits per heavy atom. The number of rotatable bonds is 6. The number of thioether (sulfide) groups is 1. The molecule has 0 amide bonds. The molecule has 0 radical (unpaired) electrons. The van der Waals surface area contributed by atoms with E-state index < -0.39 is 0 Å². The fraction of sp³-hybridized carbons (Fsp3) is 0.250. The third-order valence-corrected chi connectivity index (χ3v) is 4.00. The lowest BCUT2D eigenvalue weighted by Crippen LogP contribution is -1.92. The molecular formula is C16H18O3S. The molecule has 0 unspecified atom stereocenters. The van der Waals surface area contributed by atoms with E-state index >= 15 is 0 Å². The first-order chi connectivity index (χ1) is 9.76. The van der Waals surface area contributed by atoms with Gasteiger partial charge in [0.05, 0.1) is 20.8 Å². The second kappa shape index (κ2) is 7.22. The molecule has 2 aromatic rings. The summed E-state index contributed by atoms with van der Waals surface area (Å²) in [5.74, 6) is 2.33. The predicted octanol–water partition coefficient (Wildman–Crippen LogP) is 3.49. The first-order valence-corrected chi connectivity index (χ1v) is 7.29. The number of methoxy groups -OCH3 is 2. The molecule has 1 N–H and O–H groups in total. The van der Waals surface area contributed by atoms with Crippen molar-refractivity contribution in [1.29, 1.82) is 0 Å². The van der Waals surface area contributed by atoms with Crippen molar-refractivity contribution < 1.29 is 14.6 Å². The van der Waals surface area contributed by atoms with Crippen molar-refractivity contribution in [3.63, 3.8) is 0 Å². The fourth-order valence-corrected chi connectivity index (χ4v) is 2.79. The third-order valence-electron chi connectivity index (χ3n) is 2.93. The Kier molecular flexibility index (Phi) is 5.32. The number of hydrogen-bond acceptors (Lipinski definition) is 4. The number of benzene rings is 2. The molecule has 20 heavy (non-hydrogen) atoms. The molecule has 106 valence electrons. The van der Waals surface area contributed by atoms with Gasteiger partial charge in [-0.1, -0.05) is 18.2 Å². The highest BCUT2D eigenvalue weighted by molar-refractivity contribution is 7.98. The Labute approximate surface area is 123 Å².